The molecule has 0 unspecified atom stereocenters. The van der Waals surface area contributed by atoms with Crippen molar-refractivity contribution in [2.75, 3.05) is 25.5 Å². The highest BCUT2D eigenvalue weighted by Gasteiger charge is 2.16. The number of methoxy groups -OCH3 is 1. The number of nitrogens with zero attached hydrogens (tertiary/aromatic N) is 3. The Labute approximate surface area is 177 Å². The minimum Gasteiger partial charge on any atom is -0.495 e. The average molecular weight is 409 g/mol. The molecule has 0 spiro atoms. The van der Waals surface area contributed by atoms with E-state index in [0.29, 0.717) is 42.2 Å². The summed E-state index contributed by atoms with van der Waals surface area (Å²) in [7, 11) is 1.58. The predicted molar refractivity (Wildman–Crippen MR) is 116 cm³/mol. The monoisotopic (exact) mass is 408 g/mol. The van der Waals surface area contributed by atoms with Gasteiger partial charge in [-0.25, -0.2) is 0 Å². The van der Waals surface area contributed by atoms with Gasteiger partial charge in [0.25, 0.3) is 0 Å². The van der Waals surface area contributed by atoms with E-state index in [9.17, 15) is 4.79 Å². The van der Waals surface area contributed by atoms with Gasteiger partial charge in [-0.15, -0.1) is 0 Å². The van der Waals surface area contributed by atoms with E-state index >= 15 is 0 Å². The van der Waals surface area contributed by atoms with E-state index in [1.54, 1.807) is 13.2 Å². The molecule has 0 bridgehead atoms. The average Bonchev–Trinajstić information content (AvgIpc) is 3.22. The number of benzene rings is 2. The molecule has 0 fully saturated rings. The first kappa shape index (κ1) is 21.5. The zero-order chi connectivity index (χ0) is 21.5. The van der Waals surface area contributed by atoms with Gasteiger partial charge in [0.1, 0.15) is 5.75 Å². The first-order valence-corrected chi connectivity index (χ1v) is 10.1. The van der Waals surface area contributed by atoms with Crippen LogP contribution in [0.1, 0.15) is 38.1 Å². The van der Waals surface area contributed by atoms with E-state index in [2.05, 4.69) is 41.4 Å². The number of para-hydroxylation sites is 2. The molecule has 1 heterocycles. The van der Waals surface area contributed by atoms with Crippen molar-refractivity contribution in [3.63, 3.8) is 0 Å². The highest BCUT2D eigenvalue weighted by Crippen LogP contribution is 2.23. The molecule has 30 heavy (non-hydrogen) atoms. The van der Waals surface area contributed by atoms with E-state index in [4.69, 9.17) is 9.26 Å². The van der Waals surface area contributed by atoms with Crippen LogP contribution in [-0.2, 0) is 11.3 Å². The topological polar surface area (TPSA) is 80.5 Å². The molecule has 1 amide bonds. The molecule has 0 aliphatic rings. The molecule has 158 valence electrons. The fourth-order valence-corrected chi connectivity index (χ4v) is 3.06. The summed E-state index contributed by atoms with van der Waals surface area (Å²) < 4.78 is 10.7. The first-order chi connectivity index (χ1) is 14.5. The smallest absolute Gasteiger partial charge is 0.241 e. The van der Waals surface area contributed by atoms with Crippen LogP contribution in [0.5, 0.6) is 5.75 Å². The number of amides is 1. The Morgan fingerprint density at radius 3 is 2.57 bits per heavy atom. The number of hydrogen-bond donors (Lipinski definition) is 1. The molecule has 1 N–H and O–H groups in total. The van der Waals surface area contributed by atoms with Crippen LogP contribution in [0.15, 0.2) is 53.1 Å². The Morgan fingerprint density at radius 1 is 1.17 bits per heavy atom. The number of carbonyl (C=O) groups excluding carboxylic acids is 1. The number of hydrogen-bond acceptors (Lipinski definition) is 6. The lowest BCUT2D eigenvalue weighted by Crippen LogP contribution is -2.33. The molecule has 1 aromatic heterocycles. The molecule has 0 saturated carbocycles. The van der Waals surface area contributed by atoms with Gasteiger partial charge in [-0.3, -0.25) is 9.69 Å². The Bertz CT molecular complexity index is 967. The van der Waals surface area contributed by atoms with Crippen molar-refractivity contribution >= 4 is 11.6 Å². The van der Waals surface area contributed by atoms with Crippen LogP contribution in [0.25, 0.3) is 11.4 Å². The third-order valence-electron chi connectivity index (χ3n) is 4.86. The minimum absolute atomic E-state index is 0.134. The van der Waals surface area contributed by atoms with Crippen LogP contribution in [0.2, 0.25) is 0 Å². The highest BCUT2D eigenvalue weighted by atomic mass is 16.5. The molecule has 0 radical (unpaired) electrons. The van der Waals surface area contributed by atoms with Gasteiger partial charge >= 0.3 is 0 Å². The Kier molecular flexibility index (Phi) is 7.19. The van der Waals surface area contributed by atoms with Crippen molar-refractivity contribution in [3.8, 4) is 17.1 Å². The summed E-state index contributed by atoms with van der Waals surface area (Å²) in [6.45, 7) is 7.57. The van der Waals surface area contributed by atoms with Crippen molar-refractivity contribution in [1.82, 2.24) is 15.0 Å². The lowest BCUT2D eigenvalue weighted by atomic mass is 10.0. The molecule has 0 aliphatic carbocycles. The van der Waals surface area contributed by atoms with E-state index < -0.39 is 0 Å². The Balaban J connectivity index is 1.61. The number of ether oxygens (including phenoxy) is 1. The lowest BCUT2D eigenvalue weighted by Gasteiger charge is -2.18. The second-order valence-corrected chi connectivity index (χ2v) is 7.34. The predicted octanol–water partition coefficient (Wildman–Crippen LogP) is 4.33. The number of anilines is 1. The number of carbonyl (C=O) groups is 1. The van der Waals surface area contributed by atoms with Gasteiger partial charge in [0, 0.05) is 5.56 Å². The lowest BCUT2D eigenvalue weighted by molar-refractivity contribution is -0.117. The van der Waals surface area contributed by atoms with E-state index in [-0.39, 0.29) is 12.5 Å². The van der Waals surface area contributed by atoms with Crippen LogP contribution in [-0.4, -0.2) is 41.1 Å². The second kappa shape index (κ2) is 10.0. The largest absolute Gasteiger partial charge is 0.495 e. The molecule has 7 nitrogen and oxygen atoms in total. The second-order valence-electron chi connectivity index (χ2n) is 7.34. The molecular weight excluding hydrogens is 380 g/mol. The van der Waals surface area contributed by atoms with Gasteiger partial charge in [-0.2, -0.15) is 4.98 Å². The molecule has 7 heteroatoms. The zero-order valence-corrected chi connectivity index (χ0v) is 17.9. The maximum Gasteiger partial charge on any atom is 0.241 e. The van der Waals surface area contributed by atoms with E-state index in [0.717, 1.165) is 5.56 Å². The number of rotatable bonds is 9. The van der Waals surface area contributed by atoms with Crippen molar-refractivity contribution in [3.05, 3.63) is 60.0 Å². The summed E-state index contributed by atoms with van der Waals surface area (Å²) in [5.74, 6) is 1.99. The molecule has 3 aromatic rings. The maximum absolute atomic E-state index is 12.5. The highest BCUT2D eigenvalue weighted by molar-refractivity contribution is 5.93. The van der Waals surface area contributed by atoms with Crippen molar-refractivity contribution in [2.45, 2.75) is 33.2 Å². The fourth-order valence-electron chi connectivity index (χ4n) is 3.06. The molecule has 2 aromatic carbocycles. The van der Waals surface area contributed by atoms with Gasteiger partial charge in [0.15, 0.2) is 0 Å². The zero-order valence-electron chi connectivity index (χ0n) is 17.9. The Morgan fingerprint density at radius 2 is 1.90 bits per heavy atom. The van der Waals surface area contributed by atoms with Crippen molar-refractivity contribution in [1.29, 1.82) is 0 Å². The summed E-state index contributed by atoms with van der Waals surface area (Å²) in [5.41, 5.74) is 2.82. The van der Waals surface area contributed by atoms with E-state index in [1.165, 1.54) is 5.56 Å². The van der Waals surface area contributed by atoms with Crippen molar-refractivity contribution in [2.24, 2.45) is 0 Å². The van der Waals surface area contributed by atoms with Gasteiger partial charge in [-0.1, -0.05) is 62.3 Å². The molecule has 3 rings (SSSR count). The molecule has 0 saturated heterocycles. The summed E-state index contributed by atoms with van der Waals surface area (Å²) in [5, 5.41) is 6.97. The summed E-state index contributed by atoms with van der Waals surface area (Å²) in [4.78, 5) is 18.9. The maximum atomic E-state index is 12.5. The quantitative estimate of drug-likeness (QED) is 0.568. The molecule has 0 atom stereocenters. The molecular formula is C23H28N4O3. The van der Waals surface area contributed by atoms with Crippen LogP contribution in [0.3, 0.4) is 0 Å². The molecule has 0 aliphatic heterocycles. The van der Waals surface area contributed by atoms with Gasteiger partial charge in [0.05, 0.1) is 25.9 Å². The van der Waals surface area contributed by atoms with Crippen molar-refractivity contribution < 1.29 is 14.1 Å². The van der Waals surface area contributed by atoms with E-state index in [1.807, 2.05) is 42.2 Å². The summed E-state index contributed by atoms with van der Waals surface area (Å²) in [6, 6.07) is 15.5. The van der Waals surface area contributed by atoms with Gasteiger partial charge in [0.2, 0.25) is 17.6 Å². The normalized spacial score (nSPS) is 11.1. The summed E-state index contributed by atoms with van der Waals surface area (Å²) in [6.07, 6.45) is 0. The fraction of sp³-hybridized carbons (Fsp3) is 0.348. The van der Waals surface area contributed by atoms with Crippen LogP contribution < -0.4 is 10.1 Å². The standard InChI is InChI=1S/C23H28N4O3/c1-5-27(14-21(28)24-19-8-6-7-9-20(19)29-4)15-22-25-23(26-30-22)18-12-10-17(11-13-18)16(2)3/h6-13,16H,5,14-15H2,1-4H3,(H,24,28). The first-order valence-electron chi connectivity index (χ1n) is 10.1. The number of nitrogens with one attached hydrogen (secondary N) is 1. The van der Waals surface area contributed by atoms with Crippen LogP contribution in [0.4, 0.5) is 5.69 Å². The van der Waals surface area contributed by atoms with Gasteiger partial charge in [-0.05, 0) is 30.2 Å². The third kappa shape index (κ3) is 5.45. The third-order valence-corrected chi connectivity index (χ3v) is 4.86. The van der Waals surface area contributed by atoms with Crippen LogP contribution >= 0.6 is 0 Å². The number of likely N-dealkylation sites (N-methyl/N-ethyl adjacent to an activating group) is 1. The minimum atomic E-state index is -0.134. The number of aromatic nitrogens is 2. The Hall–Kier alpha value is -3.19. The summed E-state index contributed by atoms with van der Waals surface area (Å²) >= 11 is 0. The van der Waals surface area contributed by atoms with Crippen LogP contribution in [0, 0.1) is 0 Å². The van der Waals surface area contributed by atoms with Gasteiger partial charge < -0.3 is 14.6 Å². The SMILES string of the molecule is CCN(CC(=O)Nc1ccccc1OC)Cc1nc(-c2ccc(C(C)C)cc2)no1.